The number of hydrogen-bond acceptors (Lipinski definition) is 5. The van der Waals surface area contributed by atoms with Gasteiger partial charge in [-0.25, -0.2) is 9.37 Å². The predicted molar refractivity (Wildman–Crippen MR) is 131 cm³/mol. The van der Waals surface area contributed by atoms with Gasteiger partial charge in [-0.2, -0.15) is 0 Å². The normalized spacial score (nSPS) is 16.9. The maximum atomic E-state index is 14.0. The second-order valence-corrected chi connectivity index (χ2v) is 8.77. The Labute approximate surface area is 208 Å². The molecule has 2 heterocycles. The molecule has 9 nitrogen and oxygen atoms in total. The van der Waals surface area contributed by atoms with Gasteiger partial charge < -0.3 is 24.8 Å². The third-order valence-electron chi connectivity index (χ3n) is 6.25. The van der Waals surface area contributed by atoms with Crippen molar-refractivity contribution < 1.29 is 23.5 Å². The number of halogens is 1. The van der Waals surface area contributed by atoms with Crippen LogP contribution in [0.5, 0.6) is 5.75 Å². The zero-order chi connectivity index (χ0) is 25.9. The number of methoxy groups -OCH3 is 1. The van der Waals surface area contributed by atoms with Gasteiger partial charge in [-0.3, -0.25) is 14.4 Å². The van der Waals surface area contributed by atoms with Gasteiger partial charge in [-0.15, -0.1) is 0 Å². The molecule has 1 aromatic heterocycles. The number of benzene rings is 2. The Balaban J connectivity index is 1.57. The summed E-state index contributed by atoms with van der Waals surface area (Å²) in [4.78, 5) is 45.5. The number of nitrogens with one attached hydrogen (secondary N) is 2. The SMILES string of the molecule is CCCN1C(=O)c2c(C(=O)Nc3ccccc3F)ncn2C[C@@]1(C)C(=O)NCc1ccc(OC)cc1. The number of ether oxygens (including phenoxy) is 1. The Morgan fingerprint density at radius 2 is 1.89 bits per heavy atom. The van der Waals surface area contributed by atoms with E-state index in [9.17, 15) is 18.8 Å². The van der Waals surface area contributed by atoms with E-state index in [4.69, 9.17) is 4.74 Å². The molecule has 3 aromatic rings. The molecule has 0 radical (unpaired) electrons. The minimum Gasteiger partial charge on any atom is -0.497 e. The van der Waals surface area contributed by atoms with E-state index in [2.05, 4.69) is 15.6 Å². The van der Waals surface area contributed by atoms with Crippen LogP contribution < -0.4 is 15.4 Å². The van der Waals surface area contributed by atoms with Crippen molar-refractivity contribution in [2.24, 2.45) is 0 Å². The van der Waals surface area contributed by atoms with Crippen molar-refractivity contribution in [2.45, 2.75) is 38.9 Å². The fourth-order valence-corrected chi connectivity index (χ4v) is 4.29. The minimum absolute atomic E-state index is 0.0133. The summed E-state index contributed by atoms with van der Waals surface area (Å²) in [5.41, 5.74) is -0.386. The fourth-order valence-electron chi connectivity index (χ4n) is 4.29. The van der Waals surface area contributed by atoms with Crippen molar-refractivity contribution in [2.75, 3.05) is 19.0 Å². The van der Waals surface area contributed by atoms with E-state index in [1.54, 1.807) is 20.1 Å². The summed E-state index contributed by atoms with van der Waals surface area (Å²) in [6, 6.07) is 13.1. The Hall–Kier alpha value is -4.21. The third-order valence-corrected chi connectivity index (χ3v) is 6.25. The van der Waals surface area contributed by atoms with Crippen LogP contribution >= 0.6 is 0 Å². The van der Waals surface area contributed by atoms with E-state index in [0.717, 1.165) is 5.56 Å². The summed E-state index contributed by atoms with van der Waals surface area (Å²) in [7, 11) is 1.58. The lowest BCUT2D eigenvalue weighted by Crippen LogP contribution is -2.64. The first kappa shape index (κ1) is 24.9. The molecule has 1 aliphatic heterocycles. The first-order chi connectivity index (χ1) is 17.3. The molecule has 36 heavy (non-hydrogen) atoms. The molecule has 2 N–H and O–H groups in total. The van der Waals surface area contributed by atoms with E-state index in [1.807, 2.05) is 31.2 Å². The molecule has 188 valence electrons. The summed E-state index contributed by atoms with van der Waals surface area (Å²) in [6.45, 7) is 4.31. The lowest BCUT2D eigenvalue weighted by molar-refractivity contribution is -0.133. The molecule has 3 amide bonds. The molecule has 1 aliphatic rings. The molecule has 0 unspecified atom stereocenters. The number of amides is 3. The monoisotopic (exact) mass is 493 g/mol. The Kier molecular flexibility index (Phi) is 7.05. The highest BCUT2D eigenvalue weighted by atomic mass is 19.1. The number of hydrogen-bond donors (Lipinski definition) is 2. The van der Waals surface area contributed by atoms with Crippen LogP contribution in [0.4, 0.5) is 10.1 Å². The van der Waals surface area contributed by atoms with Crippen LogP contribution in [0.25, 0.3) is 0 Å². The van der Waals surface area contributed by atoms with Crippen molar-refractivity contribution in [1.82, 2.24) is 19.8 Å². The molecule has 0 saturated carbocycles. The molecule has 10 heteroatoms. The number of aromatic nitrogens is 2. The molecular formula is C26H28FN5O4. The van der Waals surface area contributed by atoms with Gasteiger partial charge in [0.05, 0.1) is 25.7 Å². The van der Waals surface area contributed by atoms with Crippen molar-refractivity contribution in [3.05, 3.63) is 77.6 Å². The highest BCUT2D eigenvalue weighted by Crippen LogP contribution is 2.29. The summed E-state index contributed by atoms with van der Waals surface area (Å²) in [5, 5.41) is 5.40. The molecule has 0 fully saturated rings. The van der Waals surface area contributed by atoms with Gasteiger partial charge in [0.2, 0.25) is 5.91 Å². The molecule has 2 aromatic carbocycles. The fraction of sp³-hybridized carbons (Fsp3) is 0.308. The van der Waals surface area contributed by atoms with E-state index in [1.165, 1.54) is 34.0 Å². The first-order valence-corrected chi connectivity index (χ1v) is 11.6. The number of anilines is 1. The second-order valence-electron chi connectivity index (χ2n) is 8.77. The van der Waals surface area contributed by atoms with Gasteiger partial charge in [0, 0.05) is 13.1 Å². The van der Waals surface area contributed by atoms with Crippen LogP contribution in [0.3, 0.4) is 0 Å². The Morgan fingerprint density at radius 3 is 2.56 bits per heavy atom. The zero-order valence-electron chi connectivity index (χ0n) is 20.4. The maximum absolute atomic E-state index is 14.0. The standard InChI is InChI=1S/C26H28FN5O4/c1-4-13-32-24(34)22-21(23(33)30-20-8-6-5-7-19(20)27)29-16-31(22)15-26(32,2)25(35)28-14-17-9-11-18(36-3)12-10-17/h5-12,16H,4,13-15H2,1-3H3,(H,28,35)(H,30,33)/t26-/m0/s1. The average molecular weight is 494 g/mol. The summed E-state index contributed by atoms with van der Waals surface area (Å²) in [5.74, 6) is -1.39. The van der Waals surface area contributed by atoms with Gasteiger partial charge in [0.25, 0.3) is 11.8 Å². The Morgan fingerprint density at radius 1 is 1.17 bits per heavy atom. The van der Waals surface area contributed by atoms with Gasteiger partial charge in [0.15, 0.2) is 5.69 Å². The molecule has 1 atom stereocenters. The van der Waals surface area contributed by atoms with E-state index >= 15 is 0 Å². The lowest BCUT2D eigenvalue weighted by Gasteiger charge is -2.43. The number of imidazole rings is 1. The molecule has 0 aliphatic carbocycles. The van der Waals surface area contributed by atoms with E-state index in [-0.39, 0.29) is 36.1 Å². The number of carbonyl (C=O) groups excluding carboxylic acids is 3. The Bertz CT molecular complexity index is 1290. The minimum atomic E-state index is -1.20. The summed E-state index contributed by atoms with van der Waals surface area (Å²) in [6.07, 6.45) is 1.97. The van der Waals surface area contributed by atoms with Crippen molar-refractivity contribution in [3.8, 4) is 5.75 Å². The number of para-hydroxylation sites is 1. The molecule has 0 saturated heterocycles. The maximum Gasteiger partial charge on any atom is 0.276 e. The molecule has 4 rings (SSSR count). The van der Waals surface area contributed by atoms with Gasteiger partial charge >= 0.3 is 0 Å². The van der Waals surface area contributed by atoms with Gasteiger partial charge in [-0.1, -0.05) is 31.2 Å². The first-order valence-electron chi connectivity index (χ1n) is 11.6. The molecule has 0 bridgehead atoms. The summed E-state index contributed by atoms with van der Waals surface area (Å²) >= 11 is 0. The van der Waals surface area contributed by atoms with Gasteiger partial charge in [0.1, 0.15) is 22.8 Å². The topological polar surface area (TPSA) is 106 Å². The average Bonchev–Trinajstić information content (AvgIpc) is 3.30. The van der Waals surface area contributed by atoms with Crippen LogP contribution in [0, 0.1) is 5.82 Å². The summed E-state index contributed by atoms with van der Waals surface area (Å²) < 4.78 is 20.7. The zero-order valence-corrected chi connectivity index (χ0v) is 20.4. The lowest BCUT2D eigenvalue weighted by atomic mass is 9.93. The van der Waals surface area contributed by atoms with Crippen LogP contribution in [0.15, 0.2) is 54.9 Å². The largest absolute Gasteiger partial charge is 0.497 e. The van der Waals surface area contributed by atoms with Crippen molar-refractivity contribution >= 4 is 23.4 Å². The van der Waals surface area contributed by atoms with Crippen LogP contribution in [0.1, 0.15) is 46.8 Å². The number of rotatable bonds is 8. The highest BCUT2D eigenvalue weighted by Gasteiger charge is 2.48. The quantitative estimate of drug-likeness (QED) is 0.501. The smallest absolute Gasteiger partial charge is 0.276 e. The molecular weight excluding hydrogens is 465 g/mol. The van der Waals surface area contributed by atoms with E-state index < -0.39 is 23.2 Å². The second kappa shape index (κ2) is 10.2. The van der Waals surface area contributed by atoms with Crippen molar-refractivity contribution in [3.63, 3.8) is 0 Å². The van der Waals surface area contributed by atoms with Crippen molar-refractivity contribution in [1.29, 1.82) is 0 Å². The number of carbonyl (C=O) groups is 3. The third kappa shape index (κ3) is 4.66. The number of fused-ring (bicyclic) bond motifs is 1. The predicted octanol–water partition coefficient (Wildman–Crippen LogP) is 3.22. The number of nitrogens with zero attached hydrogens (tertiary/aromatic N) is 3. The molecule has 0 spiro atoms. The highest BCUT2D eigenvalue weighted by molar-refractivity contribution is 6.11. The van der Waals surface area contributed by atoms with Gasteiger partial charge in [-0.05, 0) is 43.2 Å². The van der Waals surface area contributed by atoms with E-state index in [0.29, 0.717) is 18.7 Å². The van der Waals surface area contributed by atoms with Crippen LogP contribution in [-0.2, 0) is 17.9 Å². The van der Waals surface area contributed by atoms with Crippen LogP contribution in [0.2, 0.25) is 0 Å². The van der Waals surface area contributed by atoms with Crippen LogP contribution in [-0.4, -0.2) is 51.4 Å².